The lowest BCUT2D eigenvalue weighted by atomic mass is 10.0. The van der Waals surface area contributed by atoms with Crippen molar-refractivity contribution in [3.63, 3.8) is 0 Å². The van der Waals surface area contributed by atoms with Crippen LogP contribution in [-0.2, 0) is 0 Å². The minimum atomic E-state index is -0.917. The Morgan fingerprint density at radius 3 is 2.88 bits per heavy atom. The molecular formula is C13H10N2O2. The average Bonchev–Trinajstić information content (AvgIpc) is 2.28. The van der Waals surface area contributed by atoms with Crippen LogP contribution >= 0.6 is 0 Å². The van der Waals surface area contributed by atoms with Crippen LogP contribution in [0.3, 0.4) is 0 Å². The quantitative estimate of drug-likeness (QED) is 0.785. The third-order valence-corrected chi connectivity index (χ3v) is 2.85. The summed E-state index contributed by atoms with van der Waals surface area (Å²) in [4.78, 5) is 15.5. The van der Waals surface area contributed by atoms with Crippen LogP contribution in [0.25, 0.3) is 10.8 Å². The molecule has 2 aromatic rings. The number of aromatic carboxylic acids is 1. The minimum absolute atomic E-state index is 0.308. The molecule has 4 heteroatoms. The summed E-state index contributed by atoms with van der Waals surface area (Å²) in [6, 6.07) is 8.93. The maximum Gasteiger partial charge on any atom is 0.336 e. The van der Waals surface area contributed by atoms with Gasteiger partial charge in [-0.2, -0.15) is 0 Å². The number of rotatable bonds is 1. The molecule has 0 fully saturated rings. The standard InChI is InChI=1S/C13H10N2O2/c1-7-14-10-4-2-3-8-9(13(16)17)5-6-11(15-7)12(8)10/h2-6H,1H3,(H,14,15)(H,16,17). The average molecular weight is 226 g/mol. The third kappa shape index (κ3) is 1.38. The second-order valence-electron chi connectivity index (χ2n) is 3.99. The molecule has 0 unspecified atom stereocenters. The van der Waals surface area contributed by atoms with Gasteiger partial charge in [0.15, 0.2) is 0 Å². The summed E-state index contributed by atoms with van der Waals surface area (Å²) in [7, 11) is 0. The van der Waals surface area contributed by atoms with Gasteiger partial charge in [0.2, 0.25) is 0 Å². The highest BCUT2D eigenvalue weighted by Gasteiger charge is 2.16. The molecule has 17 heavy (non-hydrogen) atoms. The highest BCUT2D eigenvalue weighted by atomic mass is 16.4. The second-order valence-corrected chi connectivity index (χ2v) is 3.99. The lowest BCUT2D eigenvalue weighted by Crippen LogP contribution is -2.11. The molecule has 1 aliphatic rings. The summed E-state index contributed by atoms with van der Waals surface area (Å²) in [6.07, 6.45) is 0. The maximum atomic E-state index is 11.2. The number of benzene rings is 2. The van der Waals surface area contributed by atoms with Crippen LogP contribution in [0, 0.1) is 0 Å². The summed E-state index contributed by atoms with van der Waals surface area (Å²) in [5.74, 6) is -0.104. The van der Waals surface area contributed by atoms with Crippen LogP contribution in [0.15, 0.2) is 35.3 Å². The topological polar surface area (TPSA) is 61.7 Å². The van der Waals surface area contributed by atoms with Crippen molar-refractivity contribution in [3.05, 3.63) is 35.9 Å². The van der Waals surface area contributed by atoms with Gasteiger partial charge in [0.25, 0.3) is 0 Å². The molecule has 3 rings (SSSR count). The van der Waals surface area contributed by atoms with Crippen LogP contribution in [0.5, 0.6) is 0 Å². The summed E-state index contributed by atoms with van der Waals surface area (Å²) in [5.41, 5.74) is 2.03. The van der Waals surface area contributed by atoms with E-state index in [-0.39, 0.29) is 0 Å². The zero-order chi connectivity index (χ0) is 12.0. The summed E-state index contributed by atoms with van der Waals surface area (Å²) in [5, 5.41) is 13.9. The fraction of sp³-hybridized carbons (Fsp3) is 0.0769. The third-order valence-electron chi connectivity index (χ3n) is 2.85. The van der Waals surface area contributed by atoms with E-state index in [0.717, 1.165) is 28.0 Å². The Labute approximate surface area is 97.6 Å². The van der Waals surface area contributed by atoms with Gasteiger partial charge in [-0.15, -0.1) is 0 Å². The molecule has 0 bridgehead atoms. The van der Waals surface area contributed by atoms with Gasteiger partial charge in [0.05, 0.1) is 11.3 Å². The molecule has 1 aliphatic heterocycles. The molecule has 0 aliphatic carbocycles. The highest BCUT2D eigenvalue weighted by Crippen LogP contribution is 2.37. The zero-order valence-corrected chi connectivity index (χ0v) is 9.19. The fourth-order valence-electron chi connectivity index (χ4n) is 2.18. The molecule has 1 heterocycles. The molecule has 0 spiro atoms. The number of amidine groups is 1. The van der Waals surface area contributed by atoms with Gasteiger partial charge < -0.3 is 10.4 Å². The molecule has 0 aromatic heterocycles. The van der Waals surface area contributed by atoms with Crippen molar-refractivity contribution in [2.24, 2.45) is 4.99 Å². The van der Waals surface area contributed by atoms with Gasteiger partial charge >= 0.3 is 5.97 Å². The number of carboxylic acid groups (broad SMARTS) is 1. The largest absolute Gasteiger partial charge is 0.478 e. The van der Waals surface area contributed by atoms with E-state index in [4.69, 9.17) is 5.11 Å². The summed E-state index contributed by atoms with van der Waals surface area (Å²) < 4.78 is 0. The Bertz CT molecular complexity index is 674. The first-order valence-corrected chi connectivity index (χ1v) is 5.28. The number of hydrogen-bond donors (Lipinski definition) is 2. The number of carbonyl (C=O) groups is 1. The molecule has 2 N–H and O–H groups in total. The normalized spacial score (nSPS) is 13.1. The van der Waals surface area contributed by atoms with Gasteiger partial charge in [-0.3, -0.25) is 0 Å². The van der Waals surface area contributed by atoms with Crippen molar-refractivity contribution >= 4 is 34.0 Å². The fourth-order valence-corrected chi connectivity index (χ4v) is 2.18. The van der Waals surface area contributed by atoms with Gasteiger partial charge in [0.1, 0.15) is 5.84 Å². The minimum Gasteiger partial charge on any atom is -0.478 e. The van der Waals surface area contributed by atoms with E-state index in [1.54, 1.807) is 12.1 Å². The van der Waals surface area contributed by atoms with Gasteiger partial charge in [0, 0.05) is 16.5 Å². The van der Waals surface area contributed by atoms with Crippen LogP contribution in [-0.4, -0.2) is 16.9 Å². The SMILES string of the molecule is CC1=Nc2ccc(C(=O)O)c3cccc(c23)N1. The predicted molar refractivity (Wildman–Crippen MR) is 67.3 cm³/mol. The van der Waals surface area contributed by atoms with E-state index in [2.05, 4.69) is 10.3 Å². The number of carboxylic acids is 1. The number of nitrogens with one attached hydrogen (secondary N) is 1. The lowest BCUT2D eigenvalue weighted by molar-refractivity contribution is 0.0699. The van der Waals surface area contributed by atoms with Crippen molar-refractivity contribution in [2.45, 2.75) is 6.92 Å². The van der Waals surface area contributed by atoms with Crippen molar-refractivity contribution in [1.82, 2.24) is 0 Å². The Morgan fingerprint density at radius 1 is 1.29 bits per heavy atom. The van der Waals surface area contributed by atoms with E-state index < -0.39 is 5.97 Å². The van der Waals surface area contributed by atoms with E-state index in [1.165, 1.54) is 0 Å². The number of anilines is 1. The van der Waals surface area contributed by atoms with Crippen LogP contribution in [0.2, 0.25) is 0 Å². The van der Waals surface area contributed by atoms with Gasteiger partial charge in [-0.05, 0) is 25.1 Å². The first-order chi connectivity index (χ1) is 8.16. The molecule has 0 amide bonds. The van der Waals surface area contributed by atoms with E-state index in [1.807, 2.05) is 25.1 Å². The molecule has 0 radical (unpaired) electrons. The molecular weight excluding hydrogens is 216 g/mol. The van der Waals surface area contributed by atoms with E-state index in [0.29, 0.717) is 5.56 Å². The second kappa shape index (κ2) is 3.31. The van der Waals surface area contributed by atoms with Crippen molar-refractivity contribution in [3.8, 4) is 0 Å². The first-order valence-electron chi connectivity index (χ1n) is 5.28. The van der Waals surface area contributed by atoms with Crippen LogP contribution in [0.4, 0.5) is 11.4 Å². The molecule has 4 nitrogen and oxygen atoms in total. The maximum absolute atomic E-state index is 11.2. The smallest absolute Gasteiger partial charge is 0.336 e. The predicted octanol–water partition coefficient (Wildman–Crippen LogP) is 3.01. The Balaban J connectivity index is 2.46. The number of aliphatic imine (C=N–C) groups is 1. The molecule has 84 valence electrons. The number of hydrogen-bond acceptors (Lipinski definition) is 3. The summed E-state index contributed by atoms with van der Waals surface area (Å²) >= 11 is 0. The lowest BCUT2D eigenvalue weighted by Gasteiger charge is -2.17. The molecule has 2 aromatic carbocycles. The van der Waals surface area contributed by atoms with Crippen molar-refractivity contribution in [2.75, 3.05) is 5.32 Å². The van der Waals surface area contributed by atoms with E-state index in [9.17, 15) is 4.79 Å². The Kier molecular flexibility index (Phi) is 1.92. The molecule has 0 atom stereocenters. The summed E-state index contributed by atoms with van der Waals surface area (Å²) in [6.45, 7) is 1.88. The van der Waals surface area contributed by atoms with Gasteiger partial charge in [-0.25, -0.2) is 9.79 Å². The number of nitrogens with zero attached hydrogens (tertiary/aromatic N) is 1. The highest BCUT2D eigenvalue weighted by molar-refractivity contribution is 6.17. The van der Waals surface area contributed by atoms with E-state index >= 15 is 0 Å². The van der Waals surface area contributed by atoms with Crippen LogP contribution < -0.4 is 5.32 Å². The molecule has 0 saturated carbocycles. The Morgan fingerprint density at radius 2 is 2.12 bits per heavy atom. The van der Waals surface area contributed by atoms with Crippen LogP contribution in [0.1, 0.15) is 17.3 Å². The molecule has 0 saturated heterocycles. The van der Waals surface area contributed by atoms with Crippen molar-refractivity contribution in [1.29, 1.82) is 0 Å². The monoisotopic (exact) mass is 226 g/mol. The Hall–Kier alpha value is -2.36. The zero-order valence-electron chi connectivity index (χ0n) is 9.19. The van der Waals surface area contributed by atoms with Crippen molar-refractivity contribution < 1.29 is 9.90 Å². The van der Waals surface area contributed by atoms with Gasteiger partial charge in [-0.1, -0.05) is 12.1 Å². The first kappa shape index (κ1) is 9.84.